The highest BCUT2D eigenvalue weighted by atomic mass is 16.2. The average Bonchev–Trinajstić information content (AvgIpc) is 3.09. The van der Waals surface area contributed by atoms with E-state index in [1.807, 2.05) is 13.8 Å². The van der Waals surface area contributed by atoms with Crippen molar-refractivity contribution in [3.8, 4) is 0 Å². The van der Waals surface area contributed by atoms with Crippen molar-refractivity contribution in [2.45, 2.75) is 53.0 Å². The van der Waals surface area contributed by atoms with Crippen molar-refractivity contribution in [3.05, 3.63) is 0 Å². The van der Waals surface area contributed by atoms with Gasteiger partial charge in [-0.15, -0.1) is 0 Å². The lowest BCUT2D eigenvalue weighted by Crippen LogP contribution is -2.47. The van der Waals surface area contributed by atoms with Crippen molar-refractivity contribution in [2.75, 3.05) is 19.6 Å². The predicted molar refractivity (Wildman–Crippen MR) is 76.9 cm³/mol. The molecule has 1 aliphatic rings. The summed E-state index contributed by atoms with van der Waals surface area (Å²) in [6, 6.07) is -0.350. The number of amides is 1. The van der Waals surface area contributed by atoms with Crippen LogP contribution in [0, 0.1) is 11.8 Å². The number of carbonyl (C=O) groups excluding carboxylic acids is 2. The predicted octanol–water partition coefficient (Wildman–Crippen LogP) is 1.84. The fraction of sp³-hybridized carbons (Fsp3) is 0.867. The molecule has 1 saturated carbocycles. The zero-order valence-electron chi connectivity index (χ0n) is 12.7. The number of nitrogens with zero attached hydrogens (tertiary/aromatic N) is 1. The van der Waals surface area contributed by atoms with Crippen LogP contribution < -0.4 is 5.32 Å². The highest BCUT2D eigenvalue weighted by Gasteiger charge is 2.26. The number of hydrogen-bond donors (Lipinski definition) is 1. The van der Waals surface area contributed by atoms with Crippen molar-refractivity contribution < 1.29 is 9.59 Å². The summed E-state index contributed by atoms with van der Waals surface area (Å²) in [6.45, 7) is 9.98. The molecule has 0 spiro atoms. The highest BCUT2D eigenvalue weighted by molar-refractivity contribution is 5.88. The molecule has 1 amide bonds. The van der Waals surface area contributed by atoms with Gasteiger partial charge in [0.1, 0.15) is 0 Å². The van der Waals surface area contributed by atoms with Gasteiger partial charge in [-0.1, -0.05) is 20.8 Å². The summed E-state index contributed by atoms with van der Waals surface area (Å²) in [5.74, 6) is 0.938. The number of carbonyl (C=O) groups is 2. The van der Waals surface area contributed by atoms with E-state index in [0.717, 1.165) is 25.4 Å². The molecule has 1 atom stereocenters. The number of nitrogens with one attached hydrogen (secondary N) is 1. The topological polar surface area (TPSA) is 49.4 Å². The molecule has 0 aromatic heterocycles. The van der Waals surface area contributed by atoms with Gasteiger partial charge < -0.3 is 5.32 Å². The van der Waals surface area contributed by atoms with Crippen molar-refractivity contribution >= 4 is 11.7 Å². The molecule has 0 heterocycles. The zero-order valence-corrected chi connectivity index (χ0v) is 12.7. The Morgan fingerprint density at radius 3 is 2.37 bits per heavy atom. The Balaban J connectivity index is 2.43. The molecule has 110 valence electrons. The van der Waals surface area contributed by atoms with Gasteiger partial charge in [0.25, 0.3) is 0 Å². The van der Waals surface area contributed by atoms with E-state index in [0.29, 0.717) is 6.54 Å². The minimum absolute atomic E-state index is 0.0250. The van der Waals surface area contributed by atoms with Crippen LogP contribution in [0.1, 0.15) is 47.0 Å². The summed E-state index contributed by atoms with van der Waals surface area (Å²) < 4.78 is 0. The Bertz CT molecular complexity index is 311. The summed E-state index contributed by atoms with van der Waals surface area (Å²) in [7, 11) is 0. The molecule has 0 aromatic rings. The number of hydrogen-bond acceptors (Lipinski definition) is 3. The van der Waals surface area contributed by atoms with Crippen LogP contribution in [-0.2, 0) is 9.59 Å². The SMILES string of the molecule is CCCN(CC(=O)NC(C(C)=O)C(C)C)CC1CC1. The molecule has 1 N–H and O–H groups in total. The van der Waals surface area contributed by atoms with Gasteiger partial charge in [0.05, 0.1) is 12.6 Å². The molecule has 1 aliphatic carbocycles. The monoisotopic (exact) mass is 268 g/mol. The second kappa shape index (κ2) is 7.63. The summed E-state index contributed by atoms with van der Waals surface area (Å²) in [5.41, 5.74) is 0. The van der Waals surface area contributed by atoms with Crippen LogP contribution in [0.2, 0.25) is 0 Å². The first-order valence-corrected chi connectivity index (χ1v) is 7.46. The standard InChI is InChI=1S/C15H28N2O2/c1-5-8-17(9-13-6-7-13)10-14(19)16-15(11(2)3)12(4)18/h11,13,15H,5-10H2,1-4H3,(H,16,19). The number of Topliss-reactive ketones (excluding diaryl/α,β-unsaturated/α-hetero) is 1. The third kappa shape index (κ3) is 6.19. The quantitative estimate of drug-likeness (QED) is 0.694. The lowest BCUT2D eigenvalue weighted by molar-refractivity contribution is -0.128. The molecule has 4 nitrogen and oxygen atoms in total. The maximum atomic E-state index is 12.0. The van der Waals surface area contributed by atoms with Gasteiger partial charge in [0.15, 0.2) is 5.78 Å². The van der Waals surface area contributed by atoms with Crippen LogP contribution in [-0.4, -0.2) is 42.3 Å². The molecular weight excluding hydrogens is 240 g/mol. The van der Waals surface area contributed by atoms with Crippen LogP contribution in [0.15, 0.2) is 0 Å². The van der Waals surface area contributed by atoms with E-state index in [9.17, 15) is 9.59 Å². The van der Waals surface area contributed by atoms with E-state index in [1.165, 1.54) is 12.8 Å². The fourth-order valence-electron chi connectivity index (χ4n) is 2.38. The largest absolute Gasteiger partial charge is 0.345 e. The smallest absolute Gasteiger partial charge is 0.234 e. The first-order chi connectivity index (χ1) is 8.93. The van der Waals surface area contributed by atoms with Crippen molar-refractivity contribution in [1.29, 1.82) is 0 Å². The van der Waals surface area contributed by atoms with Gasteiger partial charge in [-0.25, -0.2) is 0 Å². The van der Waals surface area contributed by atoms with E-state index in [2.05, 4.69) is 17.1 Å². The molecular formula is C15H28N2O2. The van der Waals surface area contributed by atoms with Crippen LogP contribution in [0.5, 0.6) is 0 Å². The highest BCUT2D eigenvalue weighted by Crippen LogP contribution is 2.29. The van der Waals surface area contributed by atoms with Crippen molar-refractivity contribution in [3.63, 3.8) is 0 Å². The van der Waals surface area contributed by atoms with Gasteiger partial charge in [0.2, 0.25) is 5.91 Å². The number of ketones is 1. The van der Waals surface area contributed by atoms with Crippen LogP contribution in [0.4, 0.5) is 0 Å². The van der Waals surface area contributed by atoms with Gasteiger partial charge in [-0.3, -0.25) is 14.5 Å². The first kappa shape index (κ1) is 16.2. The van der Waals surface area contributed by atoms with E-state index in [-0.39, 0.29) is 23.7 Å². The van der Waals surface area contributed by atoms with E-state index < -0.39 is 0 Å². The molecule has 0 bridgehead atoms. The second-order valence-electron chi connectivity index (χ2n) is 6.08. The van der Waals surface area contributed by atoms with Gasteiger partial charge in [0, 0.05) is 6.54 Å². The van der Waals surface area contributed by atoms with E-state index >= 15 is 0 Å². The third-order valence-corrected chi connectivity index (χ3v) is 3.54. The van der Waals surface area contributed by atoms with E-state index in [4.69, 9.17) is 0 Å². The Labute approximate surface area is 116 Å². The summed E-state index contributed by atoms with van der Waals surface area (Å²) in [4.78, 5) is 25.7. The summed E-state index contributed by atoms with van der Waals surface area (Å²) in [5, 5.41) is 2.87. The molecule has 0 aliphatic heterocycles. The van der Waals surface area contributed by atoms with Crippen LogP contribution in [0.3, 0.4) is 0 Å². The fourth-order valence-corrected chi connectivity index (χ4v) is 2.38. The minimum Gasteiger partial charge on any atom is -0.345 e. The Morgan fingerprint density at radius 2 is 1.95 bits per heavy atom. The Hall–Kier alpha value is -0.900. The number of rotatable bonds is 9. The van der Waals surface area contributed by atoms with Gasteiger partial charge in [-0.2, -0.15) is 0 Å². The zero-order chi connectivity index (χ0) is 14.4. The van der Waals surface area contributed by atoms with Crippen molar-refractivity contribution in [1.82, 2.24) is 10.2 Å². The molecule has 4 heteroatoms. The van der Waals surface area contributed by atoms with Crippen LogP contribution >= 0.6 is 0 Å². The summed E-state index contributed by atoms with van der Waals surface area (Å²) in [6.07, 6.45) is 3.65. The van der Waals surface area contributed by atoms with Crippen molar-refractivity contribution in [2.24, 2.45) is 11.8 Å². The van der Waals surface area contributed by atoms with E-state index in [1.54, 1.807) is 6.92 Å². The normalized spacial score (nSPS) is 16.7. The molecule has 1 unspecified atom stereocenters. The Kier molecular flexibility index (Phi) is 6.49. The lowest BCUT2D eigenvalue weighted by Gasteiger charge is -2.24. The lowest BCUT2D eigenvalue weighted by atomic mass is 10.0. The molecule has 1 fully saturated rings. The minimum atomic E-state index is -0.350. The van der Waals surface area contributed by atoms with Crippen LogP contribution in [0.25, 0.3) is 0 Å². The third-order valence-electron chi connectivity index (χ3n) is 3.54. The molecule has 19 heavy (non-hydrogen) atoms. The van der Waals surface area contributed by atoms with Gasteiger partial charge >= 0.3 is 0 Å². The molecule has 0 radical (unpaired) electrons. The first-order valence-electron chi connectivity index (χ1n) is 7.46. The second-order valence-corrected chi connectivity index (χ2v) is 6.08. The maximum absolute atomic E-state index is 12.0. The summed E-state index contributed by atoms with van der Waals surface area (Å²) >= 11 is 0. The molecule has 0 saturated heterocycles. The molecule has 1 rings (SSSR count). The van der Waals surface area contributed by atoms with Gasteiger partial charge in [-0.05, 0) is 44.6 Å². The maximum Gasteiger partial charge on any atom is 0.234 e. The Morgan fingerprint density at radius 1 is 1.32 bits per heavy atom. The average molecular weight is 268 g/mol. The molecule has 0 aromatic carbocycles.